The van der Waals surface area contributed by atoms with E-state index in [0.29, 0.717) is 0 Å². The molecular formula is C12H18FNS. The maximum Gasteiger partial charge on any atom is 0.125 e. The Morgan fingerprint density at radius 2 is 2.20 bits per heavy atom. The highest BCUT2D eigenvalue weighted by atomic mass is 32.2. The van der Waals surface area contributed by atoms with E-state index in [2.05, 4.69) is 12.2 Å². The molecule has 0 heterocycles. The van der Waals surface area contributed by atoms with Crippen LogP contribution in [0.4, 0.5) is 10.1 Å². The molecule has 0 unspecified atom stereocenters. The van der Waals surface area contributed by atoms with Crippen LogP contribution in [0.1, 0.15) is 18.9 Å². The molecule has 1 aromatic rings. The molecule has 0 amide bonds. The summed E-state index contributed by atoms with van der Waals surface area (Å²) in [5, 5.41) is 3.26. The van der Waals surface area contributed by atoms with Gasteiger partial charge in [0.05, 0.1) is 0 Å². The zero-order valence-corrected chi connectivity index (χ0v) is 10.2. The van der Waals surface area contributed by atoms with E-state index in [9.17, 15) is 4.39 Å². The van der Waals surface area contributed by atoms with Crippen LogP contribution in [-0.4, -0.2) is 18.1 Å². The van der Waals surface area contributed by atoms with E-state index in [0.717, 1.165) is 30.0 Å². The number of halogens is 1. The van der Waals surface area contributed by atoms with Gasteiger partial charge in [-0.1, -0.05) is 13.0 Å². The average molecular weight is 227 g/mol. The van der Waals surface area contributed by atoms with Gasteiger partial charge >= 0.3 is 0 Å². The first-order chi connectivity index (χ1) is 7.24. The van der Waals surface area contributed by atoms with E-state index in [4.69, 9.17) is 0 Å². The molecule has 0 spiro atoms. The van der Waals surface area contributed by atoms with E-state index in [1.807, 2.05) is 18.7 Å². The third-order valence-corrected chi connectivity index (χ3v) is 3.17. The van der Waals surface area contributed by atoms with Crippen molar-refractivity contribution in [2.24, 2.45) is 0 Å². The lowest BCUT2D eigenvalue weighted by molar-refractivity contribution is 0.628. The Kier molecular flexibility index (Phi) is 5.54. The number of anilines is 1. The number of nitrogens with one attached hydrogen (secondary N) is 1. The predicted molar refractivity (Wildman–Crippen MR) is 67.2 cm³/mol. The van der Waals surface area contributed by atoms with Gasteiger partial charge in [-0.25, -0.2) is 4.39 Å². The quantitative estimate of drug-likeness (QED) is 0.744. The number of thioether (sulfide) groups is 1. The first-order valence-electron chi connectivity index (χ1n) is 5.32. The van der Waals surface area contributed by atoms with E-state index >= 15 is 0 Å². The van der Waals surface area contributed by atoms with Crippen LogP contribution in [0.25, 0.3) is 0 Å². The molecule has 0 bridgehead atoms. The van der Waals surface area contributed by atoms with Crippen LogP contribution < -0.4 is 5.32 Å². The lowest BCUT2D eigenvalue weighted by Gasteiger charge is -2.09. The largest absolute Gasteiger partial charge is 0.385 e. The highest BCUT2D eigenvalue weighted by molar-refractivity contribution is 7.99. The van der Waals surface area contributed by atoms with Gasteiger partial charge in [0.25, 0.3) is 0 Å². The molecule has 0 fully saturated rings. The first kappa shape index (κ1) is 12.4. The zero-order chi connectivity index (χ0) is 11.1. The van der Waals surface area contributed by atoms with Gasteiger partial charge in [-0.2, -0.15) is 11.8 Å². The number of aryl methyl sites for hydroxylation is 1. The Hall–Kier alpha value is -0.700. The standard InChI is InChI=1S/C12H18FNS/c1-3-15-8-4-7-14-12-9-11(13)6-5-10(12)2/h5-6,9,14H,3-4,7-8H2,1-2H3. The molecule has 0 radical (unpaired) electrons. The smallest absolute Gasteiger partial charge is 0.125 e. The molecule has 1 rings (SSSR count). The molecule has 3 heteroatoms. The van der Waals surface area contributed by atoms with Gasteiger partial charge in [0.15, 0.2) is 0 Å². The highest BCUT2D eigenvalue weighted by Crippen LogP contribution is 2.15. The van der Waals surface area contributed by atoms with Gasteiger partial charge in [-0.15, -0.1) is 0 Å². The summed E-state index contributed by atoms with van der Waals surface area (Å²) in [6, 6.07) is 4.86. The van der Waals surface area contributed by atoms with Crippen LogP contribution in [0, 0.1) is 12.7 Å². The minimum Gasteiger partial charge on any atom is -0.385 e. The van der Waals surface area contributed by atoms with Crippen molar-refractivity contribution in [2.45, 2.75) is 20.3 Å². The lowest BCUT2D eigenvalue weighted by Crippen LogP contribution is -2.04. The van der Waals surface area contributed by atoms with Crippen LogP contribution in [0.15, 0.2) is 18.2 Å². The summed E-state index contributed by atoms with van der Waals surface area (Å²) in [6.07, 6.45) is 1.12. The number of benzene rings is 1. The number of hydrogen-bond donors (Lipinski definition) is 1. The molecule has 84 valence electrons. The van der Waals surface area contributed by atoms with Crippen LogP contribution in [0.5, 0.6) is 0 Å². The van der Waals surface area contributed by atoms with Crippen molar-refractivity contribution in [2.75, 3.05) is 23.4 Å². The molecule has 1 N–H and O–H groups in total. The minimum atomic E-state index is -0.175. The molecular weight excluding hydrogens is 209 g/mol. The fourth-order valence-corrected chi connectivity index (χ4v) is 1.96. The average Bonchev–Trinajstić information content (AvgIpc) is 2.23. The van der Waals surface area contributed by atoms with Crippen LogP contribution in [0.3, 0.4) is 0 Å². The zero-order valence-electron chi connectivity index (χ0n) is 9.35. The Morgan fingerprint density at radius 1 is 1.40 bits per heavy atom. The molecule has 0 aliphatic heterocycles. The van der Waals surface area contributed by atoms with Crippen molar-refractivity contribution in [3.05, 3.63) is 29.6 Å². The van der Waals surface area contributed by atoms with Crippen molar-refractivity contribution >= 4 is 17.4 Å². The second-order valence-electron chi connectivity index (χ2n) is 3.44. The molecule has 1 aromatic carbocycles. The van der Waals surface area contributed by atoms with Crippen molar-refractivity contribution < 1.29 is 4.39 Å². The third-order valence-electron chi connectivity index (χ3n) is 2.18. The molecule has 0 aliphatic rings. The van der Waals surface area contributed by atoms with E-state index in [1.54, 1.807) is 12.1 Å². The van der Waals surface area contributed by atoms with E-state index < -0.39 is 0 Å². The Morgan fingerprint density at radius 3 is 2.93 bits per heavy atom. The molecule has 0 saturated heterocycles. The van der Waals surface area contributed by atoms with Crippen molar-refractivity contribution in [3.63, 3.8) is 0 Å². The molecule has 1 nitrogen and oxygen atoms in total. The third kappa shape index (κ3) is 4.56. The number of rotatable bonds is 6. The van der Waals surface area contributed by atoms with Crippen molar-refractivity contribution in [3.8, 4) is 0 Å². The van der Waals surface area contributed by atoms with Gasteiger partial charge in [0.1, 0.15) is 5.82 Å². The SMILES string of the molecule is CCSCCCNc1cc(F)ccc1C. The van der Waals surface area contributed by atoms with Gasteiger partial charge in [-0.05, 0) is 42.5 Å². The van der Waals surface area contributed by atoms with Gasteiger partial charge < -0.3 is 5.32 Å². The Bertz CT molecular complexity index is 302. The highest BCUT2D eigenvalue weighted by Gasteiger charge is 1.98. The monoisotopic (exact) mass is 227 g/mol. The normalized spacial score (nSPS) is 10.3. The topological polar surface area (TPSA) is 12.0 Å². The fourth-order valence-electron chi connectivity index (χ4n) is 1.33. The maximum atomic E-state index is 12.9. The molecule has 0 saturated carbocycles. The predicted octanol–water partition coefficient (Wildman–Crippen LogP) is 3.69. The van der Waals surface area contributed by atoms with Gasteiger partial charge in [-0.3, -0.25) is 0 Å². The summed E-state index contributed by atoms with van der Waals surface area (Å²) >= 11 is 1.94. The van der Waals surface area contributed by atoms with Gasteiger partial charge in [0.2, 0.25) is 0 Å². The minimum absolute atomic E-state index is 0.175. The second-order valence-corrected chi connectivity index (χ2v) is 4.83. The molecule has 0 aromatic heterocycles. The fraction of sp³-hybridized carbons (Fsp3) is 0.500. The van der Waals surface area contributed by atoms with E-state index in [1.165, 1.54) is 11.8 Å². The molecule has 0 atom stereocenters. The Labute approximate surface area is 95.5 Å². The summed E-state index contributed by atoms with van der Waals surface area (Å²) in [6.45, 7) is 5.06. The van der Waals surface area contributed by atoms with E-state index in [-0.39, 0.29) is 5.82 Å². The van der Waals surface area contributed by atoms with Crippen LogP contribution >= 0.6 is 11.8 Å². The van der Waals surface area contributed by atoms with Crippen molar-refractivity contribution in [1.82, 2.24) is 0 Å². The lowest BCUT2D eigenvalue weighted by atomic mass is 10.2. The number of hydrogen-bond acceptors (Lipinski definition) is 2. The summed E-state index contributed by atoms with van der Waals surface area (Å²) in [7, 11) is 0. The van der Waals surface area contributed by atoms with Crippen LogP contribution in [0.2, 0.25) is 0 Å². The second kappa shape index (κ2) is 6.72. The van der Waals surface area contributed by atoms with Crippen LogP contribution in [-0.2, 0) is 0 Å². The summed E-state index contributed by atoms with van der Waals surface area (Å²) in [5.74, 6) is 2.16. The summed E-state index contributed by atoms with van der Waals surface area (Å²) in [5.41, 5.74) is 2.01. The molecule has 0 aliphatic carbocycles. The summed E-state index contributed by atoms with van der Waals surface area (Å²) < 4.78 is 12.9. The Balaban J connectivity index is 2.33. The molecule has 15 heavy (non-hydrogen) atoms. The van der Waals surface area contributed by atoms with Crippen molar-refractivity contribution in [1.29, 1.82) is 0 Å². The maximum absolute atomic E-state index is 12.9. The summed E-state index contributed by atoms with van der Waals surface area (Å²) in [4.78, 5) is 0. The first-order valence-corrected chi connectivity index (χ1v) is 6.47. The van der Waals surface area contributed by atoms with Gasteiger partial charge in [0, 0.05) is 12.2 Å².